The fourth-order valence-electron chi connectivity index (χ4n) is 3.23. The maximum absolute atomic E-state index is 12.5. The van der Waals surface area contributed by atoms with E-state index in [1.165, 1.54) is 0 Å². The monoisotopic (exact) mass is 254 g/mol. The summed E-state index contributed by atoms with van der Waals surface area (Å²) in [5.74, 6) is 0.988. The standard InChI is InChI=1S/C14H26N2O2/c1-10-8-11(5-6-13(10)15)14(17)16-7-3-4-12(9-16)18-2/h10-13H,3-9,15H2,1-2H3. The highest BCUT2D eigenvalue weighted by Gasteiger charge is 2.33. The van der Waals surface area contributed by atoms with E-state index in [9.17, 15) is 4.79 Å². The number of likely N-dealkylation sites (tertiary alicyclic amines) is 1. The van der Waals surface area contributed by atoms with Crippen LogP contribution in [-0.2, 0) is 9.53 Å². The first kappa shape index (κ1) is 13.8. The van der Waals surface area contributed by atoms with Crippen LogP contribution in [0.2, 0.25) is 0 Å². The van der Waals surface area contributed by atoms with Crippen molar-refractivity contribution in [3.05, 3.63) is 0 Å². The molecule has 1 heterocycles. The lowest BCUT2D eigenvalue weighted by Crippen LogP contribution is -2.47. The predicted molar refractivity (Wildman–Crippen MR) is 71.1 cm³/mol. The lowest BCUT2D eigenvalue weighted by molar-refractivity contribution is -0.140. The summed E-state index contributed by atoms with van der Waals surface area (Å²) in [7, 11) is 1.74. The van der Waals surface area contributed by atoms with Gasteiger partial charge in [-0.3, -0.25) is 4.79 Å². The van der Waals surface area contributed by atoms with Crippen LogP contribution >= 0.6 is 0 Å². The Labute approximate surface area is 110 Å². The fourth-order valence-corrected chi connectivity index (χ4v) is 3.23. The van der Waals surface area contributed by atoms with Crippen LogP contribution in [0, 0.1) is 11.8 Å². The Morgan fingerprint density at radius 1 is 1.33 bits per heavy atom. The van der Waals surface area contributed by atoms with Crippen LogP contribution in [0.5, 0.6) is 0 Å². The van der Waals surface area contributed by atoms with Gasteiger partial charge in [0.25, 0.3) is 0 Å². The van der Waals surface area contributed by atoms with Crippen molar-refractivity contribution in [2.75, 3.05) is 20.2 Å². The molecule has 1 aliphatic carbocycles. The fraction of sp³-hybridized carbons (Fsp3) is 0.929. The van der Waals surface area contributed by atoms with Crippen LogP contribution in [-0.4, -0.2) is 43.2 Å². The summed E-state index contributed by atoms with van der Waals surface area (Å²) in [4.78, 5) is 14.5. The predicted octanol–water partition coefficient (Wildman–Crippen LogP) is 1.39. The Morgan fingerprint density at radius 2 is 2.11 bits per heavy atom. The minimum Gasteiger partial charge on any atom is -0.380 e. The molecule has 0 aromatic rings. The average Bonchev–Trinajstić information content (AvgIpc) is 2.41. The lowest BCUT2D eigenvalue weighted by Gasteiger charge is -2.37. The normalized spacial score (nSPS) is 37.6. The average molecular weight is 254 g/mol. The van der Waals surface area contributed by atoms with E-state index in [1.807, 2.05) is 4.90 Å². The van der Waals surface area contributed by atoms with Gasteiger partial charge in [0.05, 0.1) is 6.10 Å². The number of piperidine rings is 1. The molecule has 1 saturated carbocycles. The number of ether oxygens (including phenoxy) is 1. The summed E-state index contributed by atoms with van der Waals surface area (Å²) >= 11 is 0. The molecule has 1 aliphatic heterocycles. The van der Waals surface area contributed by atoms with Gasteiger partial charge in [0.2, 0.25) is 5.91 Å². The molecule has 18 heavy (non-hydrogen) atoms. The third-order valence-corrected chi connectivity index (χ3v) is 4.61. The van der Waals surface area contributed by atoms with Crippen LogP contribution in [0.4, 0.5) is 0 Å². The van der Waals surface area contributed by atoms with Crippen molar-refractivity contribution in [2.24, 2.45) is 17.6 Å². The number of nitrogens with zero attached hydrogens (tertiary/aromatic N) is 1. The van der Waals surface area contributed by atoms with Crippen molar-refractivity contribution in [1.82, 2.24) is 4.90 Å². The minimum atomic E-state index is 0.190. The van der Waals surface area contributed by atoms with E-state index in [1.54, 1.807) is 7.11 Å². The number of carbonyl (C=O) groups excluding carboxylic acids is 1. The molecule has 0 radical (unpaired) electrons. The van der Waals surface area contributed by atoms with Gasteiger partial charge in [-0.2, -0.15) is 0 Å². The Balaban J connectivity index is 1.90. The second-order valence-electron chi connectivity index (χ2n) is 5.94. The van der Waals surface area contributed by atoms with Crippen molar-refractivity contribution in [1.29, 1.82) is 0 Å². The van der Waals surface area contributed by atoms with Crippen LogP contribution in [0.3, 0.4) is 0 Å². The summed E-state index contributed by atoms with van der Waals surface area (Å²) < 4.78 is 5.38. The summed E-state index contributed by atoms with van der Waals surface area (Å²) in [6.45, 7) is 3.83. The van der Waals surface area contributed by atoms with Gasteiger partial charge >= 0.3 is 0 Å². The van der Waals surface area contributed by atoms with Crippen molar-refractivity contribution >= 4 is 5.91 Å². The van der Waals surface area contributed by atoms with Crippen molar-refractivity contribution in [3.63, 3.8) is 0 Å². The molecule has 0 aromatic carbocycles. The molecule has 2 fully saturated rings. The zero-order valence-corrected chi connectivity index (χ0v) is 11.6. The van der Waals surface area contributed by atoms with Gasteiger partial charge in [-0.05, 0) is 38.0 Å². The molecule has 0 spiro atoms. The number of amides is 1. The number of nitrogens with two attached hydrogens (primary N) is 1. The van der Waals surface area contributed by atoms with E-state index in [-0.39, 0.29) is 18.1 Å². The lowest BCUT2D eigenvalue weighted by atomic mass is 9.78. The second kappa shape index (κ2) is 6.02. The molecule has 4 nitrogen and oxygen atoms in total. The quantitative estimate of drug-likeness (QED) is 0.810. The van der Waals surface area contributed by atoms with E-state index in [0.29, 0.717) is 11.8 Å². The van der Waals surface area contributed by atoms with E-state index < -0.39 is 0 Å². The van der Waals surface area contributed by atoms with E-state index in [4.69, 9.17) is 10.5 Å². The highest BCUT2D eigenvalue weighted by atomic mass is 16.5. The Morgan fingerprint density at radius 3 is 2.78 bits per heavy atom. The van der Waals surface area contributed by atoms with Gasteiger partial charge in [-0.15, -0.1) is 0 Å². The first-order valence-electron chi connectivity index (χ1n) is 7.19. The molecule has 4 atom stereocenters. The molecule has 0 aromatic heterocycles. The van der Waals surface area contributed by atoms with E-state index >= 15 is 0 Å². The number of rotatable bonds is 2. The van der Waals surface area contributed by atoms with Gasteiger partial charge in [0.1, 0.15) is 0 Å². The molecular weight excluding hydrogens is 228 g/mol. The molecule has 4 unspecified atom stereocenters. The number of carbonyl (C=O) groups is 1. The largest absolute Gasteiger partial charge is 0.380 e. The first-order valence-corrected chi connectivity index (χ1v) is 7.19. The molecular formula is C14H26N2O2. The van der Waals surface area contributed by atoms with Crippen molar-refractivity contribution in [2.45, 2.75) is 51.2 Å². The summed E-state index contributed by atoms with van der Waals surface area (Å²) in [6.07, 6.45) is 5.26. The molecule has 1 amide bonds. The zero-order chi connectivity index (χ0) is 13.1. The van der Waals surface area contributed by atoms with Crippen molar-refractivity contribution < 1.29 is 9.53 Å². The number of hydrogen-bond donors (Lipinski definition) is 1. The van der Waals surface area contributed by atoms with Gasteiger partial charge in [-0.1, -0.05) is 6.92 Å². The maximum atomic E-state index is 12.5. The van der Waals surface area contributed by atoms with Gasteiger partial charge in [0, 0.05) is 32.2 Å². The van der Waals surface area contributed by atoms with Crippen molar-refractivity contribution in [3.8, 4) is 0 Å². The Kier molecular flexibility index (Phi) is 4.62. The third kappa shape index (κ3) is 3.04. The minimum absolute atomic E-state index is 0.190. The van der Waals surface area contributed by atoms with Gasteiger partial charge in [-0.25, -0.2) is 0 Å². The number of hydrogen-bond acceptors (Lipinski definition) is 3. The summed E-state index contributed by atoms with van der Waals surface area (Å²) in [6, 6.07) is 0.280. The van der Waals surface area contributed by atoms with Crippen LogP contribution < -0.4 is 5.73 Å². The second-order valence-corrected chi connectivity index (χ2v) is 5.94. The zero-order valence-electron chi connectivity index (χ0n) is 11.6. The number of methoxy groups -OCH3 is 1. The smallest absolute Gasteiger partial charge is 0.225 e. The molecule has 0 bridgehead atoms. The van der Waals surface area contributed by atoms with Crippen LogP contribution in [0.15, 0.2) is 0 Å². The van der Waals surface area contributed by atoms with Crippen LogP contribution in [0.25, 0.3) is 0 Å². The molecule has 2 N–H and O–H groups in total. The molecule has 2 rings (SSSR count). The Hall–Kier alpha value is -0.610. The van der Waals surface area contributed by atoms with Crippen LogP contribution in [0.1, 0.15) is 39.0 Å². The van der Waals surface area contributed by atoms with Gasteiger partial charge < -0.3 is 15.4 Å². The van der Waals surface area contributed by atoms with Gasteiger partial charge in [0.15, 0.2) is 0 Å². The molecule has 2 aliphatic rings. The topological polar surface area (TPSA) is 55.6 Å². The summed E-state index contributed by atoms with van der Waals surface area (Å²) in [5, 5.41) is 0. The third-order valence-electron chi connectivity index (χ3n) is 4.61. The molecule has 1 saturated heterocycles. The molecule has 104 valence electrons. The maximum Gasteiger partial charge on any atom is 0.225 e. The summed E-state index contributed by atoms with van der Waals surface area (Å²) in [5.41, 5.74) is 6.02. The Bertz CT molecular complexity index is 288. The molecule has 4 heteroatoms. The first-order chi connectivity index (χ1) is 8.61. The highest BCUT2D eigenvalue weighted by Crippen LogP contribution is 2.30. The highest BCUT2D eigenvalue weighted by molar-refractivity contribution is 5.79. The SMILES string of the molecule is COC1CCCN(C(=O)C2CCC(N)C(C)C2)C1. The van der Waals surface area contributed by atoms with E-state index in [2.05, 4.69) is 6.92 Å². The van der Waals surface area contributed by atoms with E-state index in [0.717, 1.165) is 45.2 Å².